The molecule has 12 heteroatoms. The number of hydrogen-bond donors (Lipinski definition) is 8. The Balaban J connectivity index is 1.52. The summed E-state index contributed by atoms with van der Waals surface area (Å²) in [6, 6.07) is 7.19. The smallest absolute Gasteiger partial charge is 0.341 e. The number of H-pyrrole nitrogens is 1. The maximum atomic E-state index is 12.6. The van der Waals surface area contributed by atoms with E-state index in [-0.39, 0.29) is 6.42 Å². The van der Waals surface area contributed by atoms with Crippen LogP contribution in [0.4, 0.5) is 0 Å². The third-order valence-corrected chi connectivity index (χ3v) is 6.24. The van der Waals surface area contributed by atoms with E-state index in [4.69, 9.17) is 14.2 Å². The average Bonchev–Trinajstić information content (AvgIpc) is 3.31. The van der Waals surface area contributed by atoms with E-state index in [1.54, 1.807) is 18.3 Å². The number of carbonyl (C=O) groups excluding carboxylic acids is 1. The van der Waals surface area contributed by atoms with Crippen LogP contribution in [0.3, 0.4) is 0 Å². The van der Waals surface area contributed by atoms with Crippen molar-refractivity contribution in [2.75, 3.05) is 13.2 Å². The van der Waals surface area contributed by atoms with E-state index < -0.39 is 73.8 Å². The van der Waals surface area contributed by atoms with E-state index in [1.807, 2.05) is 12.1 Å². The van der Waals surface area contributed by atoms with Crippen LogP contribution in [0, 0.1) is 0 Å². The average molecular weight is 469 g/mol. The molecule has 0 spiro atoms. The fraction of sp³-hybridized carbons (Fsp3) is 0.571. The Morgan fingerprint density at radius 2 is 1.82 bits per heavy atom. The number of ether oxygens (including phenoxy) is 3. The molecule has 0 unspecified atom stereocenters. The Morgan fingerprint density at radius 3 is 2.52 bits per heavy atom. The zero-order valence-electron chi connectivity index (χ0n) is 17.4. The molecule has 0 bridgehead atoms. The summed E-state index contributed by atoms with van der Waals surface area (Å²) in [7, 11) is 0. The van der Waals surface area contributed by atoms with Crippen LogP contribution >= 0.6 is 0 Å². The molecule has 2 fully saturated rings. The van der Waals surface area contributed by atoms with Crippen LogP contribution in [-0.4, -0.2) is 115 Å². The Kier molecular flexibility index (Phi) is 6.73. The summed E-state index contributed by atoms with van der Waals surface area (Å²) >= 11 is 0. The van der Waals surface area contributed by atoms with Crippen molar-refractivity contribution in [2.24, 2.45) is 0 Å². The highest BCUT2D eigenvalue weighted by molar-refractivity contribution is 5.87. The first-order chi connectivity index (χ1) is 15.7. The monoisotopic (exact) mass is 469 g/mol. The number of aliphatic hydroxyl groups excluding tert-OH is 6. The van der Waals surface area contributed by atoms with E-state index in [2.05, 4.69) is 4.98 Å². The molecule has 2 aliphatic heterocycles. The van der Waals surface area contributed by atoms with Crippen molar-refractivity contribution in [3.05, 3.63) is 36.0 Å². The van der Waals surface area contributed by atoms with Crippen molar-refractivity contribution in [3.63, 3.8) is 0 Å². The van der Waals surface area contributed by atoms with E-state index in [9.17, 15) is 40.5 Å². The first kappa shape index (κ1) is 24.0. The van der Waals surface area contributed by atoms with Gasteiger partial charge in [0.25, 0.3) is 0 Å². The lowest BCUT2D eigenvalue weighted by atomic mass is 9.87. The van der Waals surface area contributed by atoms with Gasteiger partial charge in [0.2, 0.25) is 0 Å². The van der Waals surface area contributed by atoms with Gasteiger partial charge in [-0.05, 0) is 11.6 Å². The van der Waals surface area contributed by atoms with Crippen LogP contribution in [-0.2, 0) is 25.4 Å². The highest BCUT2D eigenvalue weighted by atomic mass is 16.7. The Hall–Kier alpha value is -2.13. The molecule has 8 N–H and O–H groups in total. The summed E-state index contributed by atoms with van der Waals surface area (Å²) in [6.07, 6.45) is -11.5. The fourth-order valence-electron chi connectivity index (χ4n) is 4.28. The molecule has 2 saturated heterocycles. The van der Waals surface area contributed by atoms with Gasteiger partial charge in [0.05, 0.1) is 13.2 Å². The molecule has 9 atom stereocenters. The van der Waals surface area contributed by atoms with Gasteiger partial charge in [-0.2, -0.15) is 0 Å². The molecular weight excluding hydrogens is 442 g/mol. The van der Waals surface area contributed by atoms with Crippen LogP contribution in [0.15, 0.2) is 30.5 Å². The van der Waals surface area contributed by atoms with Crippen molar-refractivity contribution in [1.29, 1.82) is 0 Å². The van der Waals surface area contributed by atoms with Gasteiger partial charge in [-0.1, -0.05) is 18.2 Å². The number of nitrogens with one attached hydrogen (secondary N) is 1. The highest BCUT2D eigenvalue weighted by Crippen LogP contribution is 2.35. The highest BCUT2D eigenvalue weighted by Gasteiger charge is 2.59. The molecule has 1 aromatic heterocycles. The van der Waals surface area contributed by atoms with Crippen LogP contribution in [0.2, 0.25) is 0 Å². The second-order valence-corrected chi connectivity index (χ2v) is 8.33. The van der Waals surface area contributed by atoms with Crippen LogP contribution in [0.1, 0.15) is 5.56 Å². The minimum absolute atomic E-state index is 0.286. The number of fused-ring (bicyclic) bond motifs is 1. The number of rotatable bonds is 7. The lowest BCUT2D eigenvalue weighted by Gasteiger charge is -2.41. The Labute approximate surface area is 187 Å². The molecule has 33 heavy (non-hydrogen) atoms. The Bertz CT molecular complexity index is 980. The second kappa shape index (κ2) is 9.25. The number of aromatic nitrogens is 1. The van der Waals surface area contributed by atoms with E-state index in [1.165, 1.54) is 0 Å². The predicted molar refractivity (Wildman–Crippen MR) is 109 cm³/mol. The lowest BCUT2D eigenvalue weighted by molar-refractivity contribution is -0.320. The zero-order valence-corrected chi connectivity index (χ0v) is 17.4. The van der Waals surface area contributed by atoms with Gasteiger partial charge >= 0.3 is 5.97 Å². The van der Waals surface area contributed by atoms with Gasteiger partial charge in [0.15, 0.2) is 18.0 Å². The minimum Gasteiger partial charge on any atom is -0.454 e. The Morgan fingerprint density at radius 1 is 1.09 bits per heavy atom. The van der Waals surface area contributed by atoms with Crippen molar-refractivity contribution < 1.29 is 54.8 Å². The van der Waals surface area contributed by atoms with E-state index >= 15 is 0 Å². The van der Waals surface area contributed by atoms with Crippen LogP contribution in [0.25, 0.3) is 10.9 Å². The molecule has 0 saturated carbocycles. The lowest BCUT2D eigenvalue weighted by Crippen LogP contribution is -2.61. The van der Waals surface area contributed by atoms with Gasteiger partial charge in [0, 0.05) is 23.5 Å². The first-order valence-corrected chi connectivity index (χ1v) is 10.4. The number of para-hydroxylation sites is 1. The summed E-state index contributed by atoms with van der Waals surface area (Å²) in [5, 5.41) is 71.6. The molecule has 2 aromatic rings. The van der Waals surface area contributed by atoms with E-state index in [0.29, 0.717) is 5.56 Å². The molecule has 12 nitrogen and oxygen atoms in total. The zero-order chi connectivity index (χ0) is 23.9. The van der Waals surface area contributed by atoms with E-state index in [0.717, 1.165) is 10.9 Å². The van der Waals surface area contributed by atoms with Crippen LogP contribution in [0.5, 0.6) is 0 Å². The first-order valence-electron chi connectivity index (χ1n) is 10.4. The molecule has 182 valence electrons. The molecule has 0 aliphatic carbocycles. The number of cyclic esters (lactones) is 1. The van der Waals surface area contributed by atoms with Gasteiger partial charge in [-0.25, -0.2) is 4.79 Å². The topological polar surface area (TPSA) is 202 Å². The minimum atomic E-state index is -2.35. The third kappa shape index (κ3) is 4.14. The van der Waals surface area contributed by atoms with Crippen molar-refractivity contribution in [2.45, 2.75) is 61.0 Å². The molecule has 4 rings (SSSR count). The van der Waals surface area contributed by atoms with Gasteiger partial charge in [-0.15, -0.1) is 0 Å². The second-order valence-electron chi connectivity index (χ2n) is 8.33. The van der Waals surface area contributed by atoms with Crippen molar-refractivity contribution >= 4 is 16.9 Å². The quantitative estimate of drug-likeness (QED) is 0.191. The van der Waals surface area contributed by atoms with Gasteiger partial charge in [0.1, 0.15) is 36.6 Å². The summed E-state index contributed by atoms with van der Waals surface area (Å²) in [5.74, 6) is -1.12. The maximum Gasteiger partial charge on any atom is 0.341 e. The molecule has 0 radical (unpaired) electrons. The summed E-state index contributed by atoms with van der Waals surface area (Å²) in [5.41, 5.74) is -1.02. The molecule has 2 aliphatic rings. The SMILES string of the molecule is O=C1O[C@H]([C@H](CO)O[C@@H]2O[C@H](CO)[C@@H](O)[C@H](O)[C@H]2O)[C@@H](O)[C@@]1(O)Cc1c[nH]c2ccccc12. The number of aliphatic hydroxyl groups is 7. The van der Waals surface area contributed by atoms with Crippen molar-refractivity contribution in [3.8, 4) is 0 Å². The van der Waals surface area contributed by atoms with Crippen molar-refractivity contribution in [1.82, 2.24) is 4.98 Å². The molecular formula is C21H27NO11. The molecule has 1 aromatic carbocycles. The van der Waals surface area contributed by atoms with Crippen LogP contribution < -0.4 is 0 Å². The summed E-state index contributed by atoms with van der Waals surface area (Å²) in [6.45, 7) is -1.51. The number of hydrogen-bond acceptors (Lipinski definition) is 11. The predicted octanol–water partition coefficient (Wildman–Crippen LogP) is -3.09. The summed E-state index contributed by atoms with van der Waals surface area (Å²) in [4.78, 5) is 15.6. The fourth-order valence-corrected chi connectivity index (χ4v) is 4.28. The third-order valence-electron chi connectivity index (χ3n) is 6.24. The molecule has 3 heterocycles. The van der Waals surface area contributed by atoms with Gasteiger partial charge < -0.3 is 54.9 Å². The number of aromatic amines is 1. The normalized spacial score (nSPS) is 37.9. The number of benzene rings is 1. The summed E-state index contributed by atoms with van der Waals surface area (Å²) < 4.78 is 15.8. The number of carbonyl (C=O) groups is 1. The van der Waals surface area contributed by atoms with Gasteiger partial charge in [-0.3, -0.25) is 0 Å². The largest absolute Gasteiger partial charge is 0.454 e. The molecule has 0 amide bonds. The number of esters is 1. The maximum absolute atomic E-state index is 12.6. The standard InChI is InChI=1S/C21H27NO11/c23-7-12-14(25)15(26)16(27)19(31-12)32-13(8-24)17-18(28)21(30,20(29)33-17)5-9-6-22-11-4-2-1-3-10(9)11/h1-4,6,12-19,22-28,30H,5,7-8H2/t12-,13+,14-,15+,16-,17-,18-,19+,21+/m1/s1.